The van der Waals surface area contributed by atoms with Gasteiger partial charge in [0, 0.05) is 12.1 Å². The Bertz CT molecular complexity index is 206. The van der Waals surface area contributed by atoms with Crippen molar-refractivity contribution in [3.05, 3.63) is 24.4 Å². The maximum atomic E-state index is 8.50. The van der Waals surface area contributed by atoms with Crippen molar-refractivity contribution < 1.29 is 5.21 Å². The third-order valence-electron chi connectivity index (χ3n) is 1.54. The van der Waals surface area contributed by atoms with Crippen molar-refractivity contribution in [1.29, 1.82) is 0 Å². The Morgan fingerprint density at radius 1 is 1.80 bits per heavy atom. The minimum atomic E-state index is 0.257. The minimum absolute atomic E-state index is 0.257. The molecule has 10 heavy (non-hydrogen) atoms. The fraction of sp³-hybridized carbons (Fsp3) is 0.286. The topological polar surface area (TPSA) is 44.6 Å². The van der Waals surface area contributed by atoms with Crippen LogP contribution < -0.4 is 5.48 Å². The van der Waals surface area contributed by atoms with Crippen LogP contribution >= 0.6 is 0 Å². The maximum Gasteiger partial charge on any atom is 0.152 e. The first kappa shape index (κ1) is 7.02. The van der Waals surface area contributed by atoms with Gasteiger partial charge in [-0.3, -0.25) is 10.7 Å². The molecule has 1 rings (SSSR count). The van der Waals surface area contributed by atoms with Crippen LogP contribution in [0.5, 0.6) is 0 Å². The van der Waals surface area contributed by atoms with Crippen LogP contribution in [0.25, 0.3) is 0 Å². The monoisotopic (exact) mass is 138 g/mol. The standard InChI is InChI=1S/C7H10N2O/c1-5-3-4-8-7(9-10)6(5)2/h3-5,10H,2H2,1H3,(H,8,9). The lowest BCUT2D eigenvalue weighted by Crippen LogP contribution is -2.24. The molecule has 2 N–H and O–H groups in total. The Kier molecular flexibility index (Phi) is 1.87. The van der Waals surface area contributed by atoms with Gasteiger partial charge >= 0.3 is 0 Å². The average molecular weight is 138 g/mol. The smallest absolute Gasteiger partial charge is 0.152 e. The number of nitrogens with zero attached hydrogens (tertiary/aromatic N) is 1. The van der Waals surface area contributed by atoms with Crippen LogP contribution in [0.15, 0.2) is 29.4 Å². The molecule has 0 aromatic heterocycles. The van der Waals surface area contributed by atoms with Gasteiger partial charge in [0.2, 0.25) is 0 Å². The highest BCUT2D eigenvalue weighted by Crippen LogP contribution is 2.14. The van der Waals surface area contributed by atoms with Crippen LogP contribution in [0.1, 0.15) is 6.92 Å². The Morgan fingerprint density at radius 2 is 2.50 bits per heavy atom. The van der Waals surface area contributed by atoms with Crippen molar-refractivity contribution in [3.63, 3.8) is 0 Å². The van der Waals surface area contributed by atoms with Crippen LogP contribution in [0.2, 0.25) is 0 Å². The van der Waals surface area contributed by atoms with Gasteiger partial charge in [-0.2, -0.15) is 0 Å². The van der Waals surface area contributed by atoms with Crippen molar-refractivity contribution in [3.8, 4) is 0 Å². The molecule has 0 saturated heterocycles. The van der Waals surface area contributed by atoms with Crippen LogP contribution in [-0.2, 0) is 0 Å². The summed E-state index contributed by atoms with van der Waals surface area (Å²) in [4.78, 5) is 3.85. The number of rotatable bonds is 0. The molecule has 0 spiro atoms. The second-order valence-electron chi connectivity index (χ2n) is 2.24. The Morgan fingerprint density at radius 3 is 3.00 bits per heavy atom. The average Bonchev–Trinajstić information content (AvgIpc) is 1.95. The Labute approximate surface area is 59.7 Å². The molecule has 3 nitrogen and oxygen atoms in total. The van der Waals surface area contributed by atoms with Crippen LogP contribution in [-0.4, -0.2) is 11.0 Å². The lowest BCUT2D eigenvalue weighted by atomic mass is 10.0. The van der Waals surface area contributed by atoms with Gasteiger partial charge in [0.15, 0.2) is 5.84 Å². The summed E-state index contributed by atoms with van der Waals surface area (Å²) in [5.41, 5.74) is 2.79. The van der Waals surface area contributed by atoms with E-state index in [0.29, 0.717) is 5.84 Å². The quantitative estimate of drug-likeness (QED) is 0.492. The van der Waals surface area contributed by atoms with E-state index in [1.54, 1.807) is 6.20 Å². The van der Waals surface area contributed by atoms with Gasteiger partial charge in [0.05, 0.1) is 0 Å². The molecular formula is C7H10N2O. The highest BCUT2D eigenvalue weighted by atomic mass is 16.5. The predicted octanol–water partition coefficient (Wildman–Crippen LogP) is 1.08. The van der Waals surface area contributed by atoms with Crippen molar-refractivity contribution in [2.75, 3.05) is 0 Å². The molecule has 0 saturated carbocycles. The number of aliphatic imine (C=N–C) groups is 1. The van der Waals surface area contributed by atoms with Gasteiger partial charge in [0.25, 0.3) is 0 Å². The molecule has 0 aromatic rings. The van der Waals surface area contributed by atoms with Crippen LogP contribution in [0.4, 0.5) is 0 Å². The normalized spacial score (nSPS) is 24.4. The summed E-state index contributed by atoms with van der Waals surface area (Å²) < 4.78 is 0. The Hall–Kier alpha value is -1.09. The second kappa shape index (κ2) is 2.66. The van der Waals surface area contributed by atoms with E-state index in [2.05, 4.69) is 11.6 Å². The molecule has 0 fully saturated rings. The van der Waals surface area contributed by atoms with E-state index in [1.165, 1.54) is 0 Å². The molecule has 0 bridgehead atoms. The molecule has 0 aliphatic carbocycles. The van der Waals surface area contributed by atoms with Crippen LogP contribution in [0, 0.1) is 5.92 Å². The number of hydrogen-bond donors (Lipinski definition) is 2. The number of hydrogen-bond acceptors (Lipinski definition) is 3. The first-order chi connectivity index (χ1) is 4.75. The molecule has 3 heteroatoms. The van der Waals surface area contributed by atoms with Crippen LogP contribution in [0.3, 0.4) is 0 Å². The highest BCUT2D eigenvalue weighted by molar-refractivity contribution is 5.98. The van der Waals surface area contributed by atoms with Crippen molar-refractivity contribution in [1.82, 2.24) is 5.48 Å². The maximum absolute atomic E-state index is 8.50. The Balaban J connectivity index is 2.82. The van der Waals surface area contributed by atoms with E-state index >= 15 is 0 Å². The molecule has 0 radical (unpaired) electrons. The van der Waals surface area contributed by atoms with Gasteiger partial charge in [-0.15, -0.1) is 0 Å². The van der Waals surface area contributed by atoms with Crippen molar-refractivity contribution >= 4 is 5.84 Å². The fourth-order valence-electron chi connectivity index (χ4n) is 0.762. The summed E-state index contributed by atoms with van der Waals surface area (Å²) >= 11 is 0. The van der Waals surface area contributed by atoms with E-state index in [0.717, 1.165) is 5.57 Å². The minimum Gasteiger partial charge on any atom is -0.290 e. The lowest BCUT2D eigenvalue weighted by Gasteiger charge is -2.14. The summed E-state index contributed by atoms with van der Waals surface area (Å²) in [5.74, 6) is 0.710. The molecule has 1 aliphatic rings. The van der Waals surface area contributed by atoms with Crippen molar-refractivity contribution in [2.24, 2.45) is 10.9 Å². The van der Waals surface area contributed by atoms with E-state index in [1.807, 2.05) is 18.5 Å². The first-order valence-electron chi connectivity index (χ1n) is 3.09. The summed E-state index contributed by atoms with van der Waals surface area (Å²) in [7, 11) is 0. The van der Waals surface area contributed by atoms with E-state index in [9.17, 15) is 0 Å². The van der Waals surface area contributed by atoms with Gasteiger partial charge in [-0.25, -0.2) is 4.99 Å². The fourth-order valence-corrected chi connectivity index (χ4v) is 0.762. The highest BCUT2D eigenvalue weighted by Gasteiger charge is 2.11. The molecule has 1 heterocycles. The third kappa shape index (κ3) is 1.09. The number of hydroxylamine groups is 1. The van der Waals surface area contributed by atoms with E-state index in [4.69, 9.17) is 5.21 Å². The van der Waals surface area contributed by atoms with Gasteiger partial charge in [0.1, 0.15) is 0 Å². The first-order valence-corrected chi connectivity index (χ1v) is 3.09. The molecule has 1 aliphatic heterocycles. The number of amidine groups is 1. The molecule has 0 aromatic carbocycles. The number of allylic oxidation sites excluding steroid dienone is 1. The third-order valence-corrected chi connectivity index (χ3v) is 1.54. The zero-order valence-corrected chi connectivity index (χ0v) is 5.83. The van der Waals surface area contributed by atoms with Crippen molar-refractivity contribution in [2.45, 2.75) is 6.92 Å². The SMILES string of the molecule is C=C1C(NO)=NC=CC1C. The summed E-state index contributed by atoms with van der Waals surface area (Å²) in [6.07, 6.45) is 3.57. The zero-order valence-electron chi connectivity index (χ0n) is 5.83. The van der Waals surface area contributed by atoms with E-state index in [-0.39, 0.29) is 5.92 Å². The summed E-state index contributed by atoms with van der Waals surface area (Å²) in [6, 6.07) is 0. The van der Waals surface area contributed by atoms with E-state index < -0.39 is 0 Å². The zero-order chi connectivity index (χ0) is 7.56. The molecule has 1 atom stereocenters. The second-order valence-corrected chi connectivity index (χ2v) is 2.24. The lowest BCUT2D eigenvalue weighted by molar-refractivity contribution is 0.234. The largest absolute Gasteiger partial charge is 0.290 e. The van der Waals surface area contributed by atoms with Gasteiger partial charge in [-0.1, -0.05) is 19.6 Å². The predicted molar refractivity (Wildman–Crippen MR) is 39.8 cm³/mol. The molecule has 1 unspecified atom stereocenters. The van der Waals surface area contributed by atoms with Gasteiger partial charge < -0.3 is 0 Å². The summed E-state index contributed by atoms with van der Waals surface area (Å²) in [5, 5.41) is 8.50. The molecule has 54 valence electrons. The molecule has 0 amide bonds. The molecular weight excluding hydrogens is 128 g/mol. The van der Waals surface area contributed by atoms with Gasteiger partial charge in [-0.05, 0) is 5.57 Å². The number of nitrogens with one attached hydrogen (secondary N) is 1. The summed E-state index contributed by atoms with van der Waals surface area (Å²) in [6.45, 7) is 5.73.